The van der Waals surface area contributed by atoms with E-state index in [-0.39, 0.29) is 6.04 Å². The highest BCUT2D eigenvalue weighted by atomic mass is 35.5. The first kappa shape index (κ1) is 25.7. The van der Waals surface area contributed by atoms with Gasteiger partial charge in [-0.15, -0.1) is 11.3 Å². The number of piperidine rings is 1. The van der Waals surface area contributed by atoms with Crippen molar-refractivity contribution in [3.63, 3.8) is 0 Å². The minimum absolute atomic E-state index is 0.248. The number of rotatable bonds is 9. The zero-order valence-electron chi connectivity index (χ0n) is 20.3. The highest BCUT2D eigenvalue weighted by molar-refractivity contribution is 7.97. The van der Waals surface area contributed by atoms with Crippen LogP contribution in [0, 0.1) is 0 Å². The van der Waals surface area contributed by atoms with Crippen LogP contribution in [0.15, 0.2) is 83.9 Å². The summed E-state index contributed by atoms with van der Waals surface area (Å²) >= 11 is 9.39. The quantitative estimate of drug-likeness (QED) is 0.191. The minimum atomic E-state index is 0.248. The summed E-state index contributed by atoms with van der Waals surface area (Å²) in [6.07, 6.45) is 13.6. The lowest BCUT2D eigenvalue weighted by Crippen LogP contribution is -2.38. The Morgan fingerprint density at radius 1 is 1.27 bits per heavy atom. The Morgan fingerprint density at radius 3 is 2.95 bits per heavy atom. The first-order chi connectivity index (χ1) is 18.1. The molecule has 37 heavy (non-hydrogen) atoms. The van der Waals surface area contributed by atoms with E-state index >= 15 is 0 Å². The molecule has 7 nitrogen and oxygen atoms in total. The predicted octanol–water partition coefficient (Wildman–Crippen LogP) is 6.17. The van der Waals surface area contributed by atoms with Crippen LogP contribution in [-0.2, 0) is 0 Å². The van der Waals surface area contributed by atoms with E-state index in [0.717, 1.165) is 58.6 Å². The molecule has 0 spiro atoms. The highest BCUT2D eigenvalue weighted by Crippen LogP contribution is 2.32. The van der Waals surface area contributed by atoms with E-state index in [1.807, 2.05) is 48.0 Å². The van der Waals surface area contributed by atoms with Crippen molar-refractivity contribution < 1.29 is 0 Å². The van der Waals surface area contributed by atoms with Gasteiger partial charge in [-0.3, -0.25) is 4.40 Å². The molecule has 4 aromatic rings. The lowest BCUT2D eigenvalue weighted by Gasteiger charge is -2.32. The van der Waals surface area contributed by atoms with E-state index in [9.17, 15) is 0 Å². The molecule has 0 radical (unpaired) electrons. The smallest absolute Gasteiger partial charge is 0.223 e. The number of allylic oxidation sites excluding steroid dienone is 4. The SMILES string of the molecule is C=C/C=C\C(=C/CN)c1nc2sccn2c1-c1ccnc(NC2CCCN(Sc3ccc(Cl)cc3)C2)n1. The van der Waals surface area contributed by atoms with Gasteiger partial charge in [-0.25, -0.2) is 19.3 Å². The Morgan fingerprint density at radius 2 is 2.14 bits per heavy atom. The molecule has 1 saturated heterocycles. The van der Waals surface area contributed by atoms with Gasteiger partial charge in [0.15, 0.2) is 4.96 Å². The Hall–Kier alpha value is -2.95. The van der Waals surface area contributed by atoms with Gasteiger partial charge >= 0.3 is 0 Å². The van der Waals surface area contributed by atoms with Crippen LogP contribution in [0.5, 0.6) is 0 Å². The summed E-state index contributed by atoms with van der Waals surface area (Å²) in [5.41, 5.74) is 9.36. The molecule has 4 heterocycles. The van der Waals surface area contributed by atoms with Crippen molar-refractivity contribution in [2.24, 2.45) is 5.73 Å². The molecule has 0 saturated carbocycles. The number of halogens is 1. The summed E-state index contributed by atoms with van der Waals surface area (Å²) in [6.45, 7) is 6.13. The number of nitrogens with one attached hydrogen (secondary N) is 1. The minimum Gasteiger partial charge on any atom is -0.350 e. The molecule has 0 bridgehead atoms. The molecule has 1 aliphatic heterocycles. The van der Waals surface area contributed by atoms with Gasteiger partial charge in [0.2, 0.25) is 5.95 Å². The third-order valence-corrected chi connectivity index (χ3v) is 8.03. The summed E-state index contributed by atoms with van der Waals surface area (Å²) in [6, 6.07) is 10.2. The van der Waals surface area contributed by atoms with Gasteiger partial charge in [-0.05, 0) is 60.7 Å². The van der Waals surface area contributed by atoms with Crippen molar-refractivity contribution >= 4 is 51.4 Å². The Balaban J connectivity index is 1.38. The summed E-state index contributed by atoms with van der Waals surface area (Å²) in [7, 11) is 0. The van der Waals surface area contributed by atoms with E-state index < -0.39 is 0 Å². The molecule has 3 N–H and O–H groups in total. The maximum atomic E-state index is 6.04. The van der Waals surface area contributed by atoms with Gasteiger partial charge in [-0.2, -0.15) is 0 Å². The normalized spacial score (nSPS) is 17.0. The van der Waals surface area contributed by atoms with Crippen LogP contribution in [0.3, 0.4) is 0 Å². The number of aromatic nitrogens is 4. The second-order valence-corrected chi connectivity index (χ2v) is 11.0. The fourth-order valence-corrected chi connectivity index (χ4v) is 6.18. The molecule has 1 aliphatic rings. The summed E-state index contributed by atoms with van der Waals surface area (Å²) in [4.78, 5) is 16.4. The number of fused-ring (bicyclic) bond motifs is 1. The zero-order chi connectivity index (χ0) is 25.6. The van der Waals surface area contributed by atoms with Crippen LogP contribution in [0.1, 0.15) is 18.5 Å². The molecule has 0 amide bonds. The Bertz CT molecular complexity index is 1420. The Labute approximate surface area is 229 Å². The van der Waals surface area contributed by atoms with Gasteiger partial charge in [0.25, 0.3) is 0 Å². The number of imidazole rings is 1. The molecule has 1 atom stereocenters. The van der Waals surface area contributed by atoms with E-state index in [1.165, 1.54) is 4.90 Å². The number of hydrogen-bond donors (Lipinski definition) is 2. The number of thiazole rings is 1. The lowest BCUT2D eigenvalue weighted by molar-refractivity contribution is 0.355. The fraction of sp³-hybridized carbons (Fsp3) is 0.222. The number of benzene rings is 1. The van der Waals surface area contributed by atoms with Gasteiger partial charge in [0.05, 0.1) is 11.4 Å². The molecule has 10 heteroatoms. The summed E-state index contributed by atoms with van der Waals surface area (Å²) in [5.74, 6) is 0.614. The number of hydrogen-bond acceptors (Lipinski definition) is 8. The number of nitrogens with two attached hydrogens (primary N) is 1. The second-order valence-electron chi connectivity index (χ2n) is 8.54. The van der Waals surface area contributed by atoms with Crippen LogP contribution >= 0.6 is 34.9 Å². The molecule has 190 valence electrons. The van der Waals surface area contributed by atoms with E-state index in [0.29, 0.717) is 12.5 Å². The zero-order valence-corrected chi connectivity index (χ0v) is 22.6. The molecular formula is C27H28ClN7S2. The molecular weight excluding hydrogens is 522 g/mol. The lowest BCUT2D eigenvalue weighted by atomic mass is 10.1. The van der Waals surface area contributed by atoms with Crippen LogP contribution < -0.4 is 11.1 Å². The Kier molecular flexibility index (Phi) is 8.38. The average molecular weight is 550 g/mol. The molecule has 3 aromatic heterocycles. The summed E-state index contributed by atoms with van der Waals surface area (Å²) < 4.78 is 4.46. The third kappa shape index (κ3) is 6.14. The van der Waals surface area contributed by atoms with Crippen LogP contribution in [0.4, 0.5) is 5.95 Å². The van der Waals surface area contributed by atoms with Crippen molar-refractivity contribution in [3.05, 3.63) is 89.7 Å². The van der Waals surface area contributed by atoms with Gasteiger partial charge in [-0.1, -0.05) is 42.5 Å². The van der Waals surface area contributed by atoms with Crippen LogP contribution in [-0.4, -0.2) is 49.3 Å². The molecule has 5 rings (SSSR count). The third-order valence-electron chi connectivity index (χ3n) is 5.95. The number of anilines is 1. The summed E-state index contributed by atoms with van der Waals surface area (Å²) in [5, 5.41) is 6.35. The van der Waals surface area contributed by atoms with Gasteiger partial charge in [0, 0.05) is 53.4 Å². The maximum absolute atomic E-state index is 6.04. The first-order valence-corrected chi connectivity index (χ1v) is 14.1. The van der Waals surface area contributed by atoms with Gasteiger partial charge < -0.3 is 11.1 Å². The van der Waals surface area contributed by atoms with Gasteiger partial charge in [0.1, 0.15) is 5.69 Å². The molecule has 1 unspecified atom stereocenters. The van der Waals surface area contributed by atoms with Crippen LogP contribution in [0.2, 0.25) is 5.02 Å². The highest BCUT2D eigenvalue weighted by Gasteiger charge is 2.23. The average Bonchev–Trinajstić information content (AvgIpc) is 3.50. The van der Waals surface area contributed by atoms with Crippen molar-refractivity contribution in [1.29, 1.82) is 0 Å². The topological polar surface area (TPSA) is 84.4 Å². The fourth-order valence-electron chi connectivity index (χ4n) is 4.30. The standard InChI is InChI=1S/C27H28ClN7S2/c1-2-3-5-19(11-13-29)24-25(35-16-17-36-27(35)33-24)23-12-14-30-26(32-23)31-21-6-4-15-34(18-21)37-22-9-7-20(28)8-10-22/h2-3,5,7-12,14,16-17,21H,1,4,6,13,15,18,29H2,(H,30,31,32)/b5-3-,19-11+. The number of nitrogens with zero attached hydrogens (tertiary/aromatic N) is 5. The monoisotopic (exact) mass is 549 g/mol. The molecule has 1 aromatic carbocycles. The van der Waals surface area contributed by atoms with E-state index in [4.69, 9.17) is 27.3 Å². The van der Waals surface area contributed by atoms with Crippen molar-refractivity contribution in [1.82, 2.24) is 23.7 Å². The predicted molar refractivity (Wildman–Crippen MR) is 156 cm³/mol. The maximum Gasteiger partial charge on any atom is 0.223 e. The van der Waals surface area contributed by atoms with Crippen molar-refractivity contribution in [2.45, 2.75) is 23.8 Å². The van der Waals surface area contributed by atoms with Crippen LogP contribution in [0.25, 0.3) is 21.9 Å². The van der Waals surface area contributed by atoms with Crippen molar-refractivity contribution in [3.8, 4) is 11.4 Å². The molecule has 1 fully saturated rings. The molecule has 0 aliphatic carbocycles. The van der Waals surface area contributed by atoms with E-state index in [2.05, 4.69) is 37.7 Å². The second kappa shape index (κ2) is 12.1. The first-order valence-electron chi connectivity index (χ1n) is 12.1. The van der Waals surface area contributed by atoms with Crippen molar-refractivity contribution in [2.75, 3.05) is 25.0 Å². The van der Waals surface area contributed by atoms with E-state index in [1.54, 1.807) is 35.6 Å². The largest absolute Gasteiger partial charge is 0.350 e.